The number of pyridine rings is 1. The largest absolute Gasteiger partial charge is 0.310 e. The zero-order valence-corrected chi connectivity index (χ0v) is 25.1. The molecular formula is C35H37N3S. The molecule has 0 amide bonds. The molecular weight excluding hydrogens is 494 g/mol. The van der Waals surface area contributed by atoms with Crippen molar-refractivity contribution >= 4 is 38.7 Å². The molecule has 0 bridgehead atoms. The molecule has 0 atom stereocenters. The highest BCUT2D eigenvalue weighted by Crippen LogP contribution is 2.53. The van der Waals surface area contributed by atoms with Gasteiger partial charge in [-0.15, -0.1) is 0 Å². The first kappa shape index (κ1) is 25.8. The van der Waals surface area contributed by atoms with E-state index in [1.807, 2.05) is 18.3 Å². The van der Waals surface area contributed by atoms with E-state index in [4.69, 9.17) is 4.98 Å². The molecule has 1 aliphatic rings. The van der Waals surface area contributed by atoms with E-state index in [1.165, 1.54) is 33.6 Å². The smallest absolute Gasteiger partial charge is 0.143 e. The molecule has 39 heavy (non-hydrogen) atoms. The zero-order chi connectivity index (χ0) is 27.7. The maximum absolute atomic E-state index is 4.82. The maximum atomic E-state index is 4.82. The predicted molar refractivity (Wildman–Crippen MR) is 167 cm³/mol. The van der Waals surface area contributed by atoms with Crippen molar-refractivity contribution in [3.63, 3.8) is 0 Å². The summed E-state index contributed by atoms with van der Waals surface area (Å²) < 4.78 is 0. The molecule has 6 rings (SSSR count). The maximum Gasteiger partial charge on any atom is 0.143 e. The Kier molecular flexibility index (Phi) is 5.78. The molecule has 1 aliphatic heterocycles. The van der Waals surface area contributed by atoms with Gasteiger partial charge in [0.15, 0.2) is 0 Å². The summed E-state index contributed by atoms with van der Waals surface area (Å²) in [4.78, 5) is 12.7. The SMILES string of the molecule is CC(C)(C)c1ccc2c(c1)C(C)(C)c1cc(C(C)(C)C)ccc1N2c1ccc(-c2nc3cccnc3s2)cc1. The number of aromatic nitrogens is 2. The Morgan fingerprint density at radius 2 is 1.28 bits per heavy atom. The lowest BCUT2D eigenvalue weighted by Gasteiger charge is -2.43. The van der Waals surface area contributed by atoms with Crippen molar-refractivity contribution < 1.29 is 0 Å². The Morgan fingerprint density at radius 1 is 0.718 bits per heavy atom. The van der Waals surface area contributed by atoms with Gasteiger partial charge in [-0.3, -0.25) is 0 Å². The summed E-state index contributed by atoms with van der Waals surface area (Å²) in [5.74, 6) is 0. The van der Waals surface area contributed by atoms with Gasteiger partial charge in [-0.2, -0.15) is 0 Å². The van der Waals surface area contributed by atoms with Gasteiger partial charge in [0.1, 0.15) is 15.4 Å². The molecule has 5 aromatic rings. The first-order chi connectivity index (χ1) is 18.3. The van der Waals surface area contributed by atoms with Gasteiger partial charge in [-0.1, -0.05) is 91.0 Å². The lowest BCUT2D eigenvalue weighted by atomic mass is 9.70. The van der Waals surface area contributed by atoms with Crippen molar-refractivity contribution in [2.45, 2.75) is 71.6 Å². The van der Waals surface area contributed by atoms with Crippen LogP contribution in [0.15, 0.2) is 79.0 Å². The van der Waals surface area contributed by atoms with Crippen LogP contribution in [-0.4, -0.2) is 9.97 Å². The van der Waals surface area contributed by atoms with Crippen LogP contribution in [0.4, 0.5) is 17.1 Å². The third-order valence-electron chi connectivity index (χ3n) is 8.09. The quantitative estimate of drug-likeness (QED) is 0.227. The van der Waals surface area contributed by atoms with Crippen LogP contribution in [0.5, 0.6) is 0 Å². The van der Waals surface area contributed by atoms with Gasteiger partial charge in [-0.05, 0) is 81.6 Å². The number of nitrogens with zero attached hydrogens (tertiary/aromatic N) is 3. The number of benzene rings is 3. The summed E-state index contributed by atoms with van der Waals surface area (Å²) >= 11 is 1.64. The van der Waals surface area contributed by atoms with Crippen molar-refractivity contribution in [2.75, 3.05) is 4.90 Å². The molecule has 0 N–H and O–H groups in total. The summed E-state index contributed by atoms with van der Waals surface area (Å²) in [7, 11) is 0. The van der Waals surface area contributed by atoms with Crippen molar-refractivity contribution in [3.05, 3.63) is 101 Å². The van der Waals surface area contributed by atoms with Crippen LogP contribution in [0.2, 0.25) is 0 Å². The lowest BCUT2D eigenvalue weighted by molar-refractivity contribution is 0.573. The topological polar surface area (TPSA) is 29.0 Å². The Labute approximate surface area is 236 Å². The van der Waals surface area contributed by atoms with Gasteiger partial charge in [0.25, 0.3) is 0 Å². The van der Waals surface area contributed by atoms with Crippen molar-refractivity contribution in [1.29, 1.82) is 0 Å². The van der Waals surface area contributed by atoms with Crippen molar-refractivity contribution in [1.82, 2.24) is 9.97 Å². The minimum atomic E-state index is -0.127. The number of anilines is 3. The molecule has 3 heterocycles. The number of fused-ring (bicyclic) bond motifs is 3. The van der Waals surface area contributed by atoms with Crippen molar-refractivity contribution in [2.24, 2.45) is 0 Å². The third kappa shape index (κ3) is 4.35. The van der Waals surface area contributed by atoms with Crippen LogP contribution in [0.3, 0.4) is 0 Å². The Morgan fingerprint density at radius 3 is 1.79 bits per heavy atom. The molecule has 0 saturated heterocycles. The molecule has 4 heteroatoms. The summed E-state index contributed by atoms with van der Waals surface area (Å²) in [5, 5.41) is 1.00. The molecule has 2 aromatic heterocycles. The fourth-order valence-electron chi connectivity index (χ4n) is 5.60. The summed E-state index contributed by atoms with van der Waals surface area (Å²) in [6.07, 6.45) is 1.83. The summed E-state index contributed by atoms with van der Waals surface area (Å²) in [6, 6.07) is 27.0. The molecule has 0 spiro atoms. The number of hydrogen-bond acceptors (Lipinski definition) is 4. The van der Waals surface area contributed by atoms with E-state index in [-0.39, 0.29) is 16.2 Å². The lowest BCUT2D eigenvalue weighted by Crippen LogP contribution is -2.32. The Balaban J connectivity index is 1.52. The van der Waals surface area contributed by atoms with Gasteiger partial charge in [0.2, 0.25) is 0 Å². The Hall–Kier alpha value is -3.50. The van der Waals surface area contributed by atoms with Crippen LogP contribution in [-0.2, 0) is 16.2 Å². The molecule has 0 fully saturated rings. The number of rotatable bonds is 2. The number of hydrogen-bond donors (Lipinski definition) is 0. The molecule has 3 aromatic carbocycles. The minimum absolute atomic E-state index is 0.0806. The standard InChI is InChI=1S/C35H37N3S/c1-33(2,3)23-13-17-29-26(20-23)35(7,8)27-21-24(34(4,5)6)14-18-30(27)38(29)25-15-11-22(12-16-25)31-37-28-10-9-19-36-32(28)39-31/h9-21H,1-8H3. The normalized spacial score (nSPS) is 14.8. The zero-order valence-electron chi connectivity index (χ0n) is 24.3. The van der Waals surface area contributed by atoms with Gasteiger partial charge >= 0.3 is 0 Å². The van der Waals surface area contributed by atoms with E-state index < -0.39 is 0 Å². The highest BCUT2D eigenvalue weighted by molar-refractivity contribution is 7.21. The van der Waals surface area contributed by atoms with Crippen molar-refractivity contribution in [3.8, 4) is 10.6 Å². The van der Waals surface area contributed by atoms with Crippen LogP contribution < -0.4 is 4.90 Å². The summed E-state index contributed by atoms with van der Waals surface area (Å²) in [5.41, 5.74) is 11.2. The first-order valence-electron chi connectivity index (χ1n) is 13.8. The monoisotopic (exact) mass is 531 g/mol. The van der Waals surface area contributed by atoms with Crippen LogP contribution in [0.25, 0.3) is 20.9 Å². The van der Waals surface area contributed by atoms with Crippen LogP contribution in [0, 0.1) is 0 Å². The van der Waals surface area contributed by atoms with Crippen LogP contribution >= 0.6 is 11.3 Å². The highest BCUT2D eigenvalue weighted by Gasteiger charge is 2.38. The molecule has 0 radical (unpaired) electrons. The highest BCUT2D eigenvalue weighted by atomic mass is 32.1. The molecule has 0 aliphatic carbocycles. The van der Waals surface area contributed by atoms with E-state index in [0.717, 1.165) is 26.6 Å². The van der Waals surface area contributed by atoms with Gasteiger partial charge < -0.3 is 4.90 Å². The second-order valence-corrected chi connectivity index (χ2v) is 14.3. The summed E-state index contributed by atoms with van der Waals surface area (Å²) in [6.45, 7) is 18.5. The fraction of sp³-hybridized carbons (Fsp3) is 0.314. The predicted octanol–water partition coefficient (Wildman–Crippen LogP) is 10.1. The average molecular weight is 532 g/mol. The van der Waals surface area contributed by atoms with E-state index in [0.29, 0.717) is 0 Å². The third-order valence-corrected chi connectivity index (χ3v) is 9.12. The minimum Gasteiger partial charge on any atom is -0.310 e. The number of thiazole rings is 1. The molecule has 0 saturated carbocycles. The van der Waals surface area contributed by atoms with Gasteiger partial charge in [-0.25, -0.2) is 9.97 Å². The van der Waals surface area contributed by atoms with Gasteiger partial charge in [0, 0.05) is 22.9 Å². The first-order valence-corrected chi connectivity index (χ1v) is 14.6. The molecule has 198 valence electrons. The van der Waals surface area contributed by atoms with Gasteiger partial charge in [0.05, 0.1) is 11.4 Å². The second kappa shape index (κ2) is 8.76. The van der Waals surface area contributed by atoms with E-state index in [9.17, 15) is 0 Å². The van der Waals surface area contributed by atoms with E-state index >= 15 is 0 Å². The van der Waals surface area contributed by atoms with E-state index in [2.05, 4.69) is 126 Å². The molecule has 3 nitrogen and oxygen atoms in total. The average Bonchev–Trinajstić information content (AvgIpc) is 3.32. The molecule has 0 unspecified atom stereocenters. The fourth-order valence-corrected chi connectivity index (χ4v) is 6.51. The second-order valence-electron chi connectivity index (χ2n) is 13.3. The van der Waals surface area contributed by atoms with E-state index in [1.54, 1.807) is 11.3 Å². The van der Waals surface area contributed by atoms with Crippen LogP contribution in [0.1, 0.15) is 77.6 Å². The Bertz CT molecular complexity index is 1590.